The summed E-state index contributed by atoms with van der Waals surface area (Å²) in [5.74, 6) is -1.46. The highest BCUT2D eigenvalue weighted by molar-refractivity contribution is 5.44. The molecule has 5 nitrogen and oxygen atoms in total. The standard InChI is InChI=1S/C17H24F3N5.C6H10F2/c1-4-5-14(25-10-15(17(18,19)20)24-12(25)3)13-6-7-22-16(8-13)23-11(2)9-21;7-6(8)4-2-1-3-5-6/h6-8,14-15,24H,2-5,9-10,21H2,1H3,(H,22,23);1-5H2. The summed E-state index contributed by atoms with van der Waals surface area (Å²) in [5.41, 5.74) is 7.00. The van der Waals surface area contributed by atoms with E-state index >= 15 is 0 Å². The van der Waals surface area contributed by atoms with Gasteiger partial charge in [0, 0.05) is 37.8 Å². The van der Waals surface area contributed by atoms with Crippen molar-refractivity contribution in [2.24, 2.45) is 5.73 Å². The molecule has 0 bridgehead atoms. The number of rotatable bonds is 7. The van der Waals surface area contributed by atoms with E-state index in [-0.39, 0.29) is 32.0 Å². The quantitative estimate of drug-likeness (QED) is 0.442. The number of hydrogen-bond acceptors (Lipinski definition) is 5. The Labute approximate surface area is 192 Å². The van der Waals surface area contributed by atoms with Crippen LogP contribution in [0.15, 0.2) is 43.0 Å². The van der Waals surface area contributed by atoms with Crippen LogP contribution >= 0.6 is 0 Å². The maximum absolute atomic E-state index is 13.0. The molecule has 2 aliphatic rings. The number of aromatic nitrogens is 1. The average molecular weight is 476 g/mol. The van der Waals surface area contributed by atoms with Crippen LogP contribution in [0.25, 0.3) is 0 Å². The van der Waals surface area contributed by atoms with Gasteiger partial charge in [-0.25, -0.2) is 13.8 Å². The molecule has 0 radical (unpaired) electrons. The van der Waals surface area contributed by atoms with Crippen LogP contribution in [0.5, 0.6) is 0 Å². The van der Waals surface area contributed by atoms with Crippen molar-refractivity contribution in [3.05, 3.63) is 48.6 Å². The number of nitrogens with one attached hydrogen (secondary N) is 2. The molecule has 186 valence electrons. The van der Waals surface area contributed by atoms with Crippen molar-refractivity contribution in [2.75, 3.05) is 18.4 Å². The van der Waals surface area contributed by atoms with Gasteiger partial charge in [-0.15, -0.1) is 0 Å². The van der Waals surface area contributed by atoms with Gasteiger partial charge in [0.05, 0.1) is 11.9 Å². The van der Waals surface area contributed by atoms with Gasteiger partial charge in [0.1, 0.15) is 11.9 Å². The third kappa shape index (κ3) is 8.17. The van der Waals surface area contributed by atoms with Gasteiger partial charge in [-0.1, -0.05) is 32.9 Å². The number of nitrogens with zero attached hydrogens (tertiary/aromatic N) is 2. The van der Waals surface area contributed by atoms with Crippen molar-refractivity contribution in [3.8, 4) is 0 Å². The third-order valence-electron chi connectivity index (χ3n) is 5.71. The van der Waals surface area contributed by atoms with Crippen LogP contribution in [0.3, 0.4) is 0 Å². The van der Waals surface area contributed by atoms with Gasteiger partial charge in [-0.05, 0) is 37.0 Å². The summed E-state index contributed by atoms with van der Waals surface area (Å²) in [5, 5.41) is 5.45. The van der Waals surface area contributed by atoms with E-state index in [4.69, 9.17) is 5.73 Å². The first kappa shape index (κ1) is 26.9. The van der Waals surface area contributed by atoms with Crippen molar-refractivity contribution >= 4 is 5.82 Å². The van der Waals surface area contributed by atoms with Crippen LogP contribution in [0.1, 0.15) is 63.5 Å². The third-order valence-corrected chi connectivity index (χ3v) is 5.71. The summed E-state index contributed by atoms with van der Waals surface area (Å²) in [7, 11) is 0. The largest absolute Gasteiger partial charge is 0.410 e. The summed E-state index contributed by atoms with van der Waals surface area (Å²) in [6.45, 7) is 9.64. The zero-order valence-corrected chi connectivity index (χ0v) is 19.0. The minimum absolute atomic E-state index is 0.118. The predicted molar refractivity (Wildman–Crippen MR) is 121 cm³/mol. The van der Waals surface area contributed by atoms with E-state index in [1.54, 1.807) is 11.1 Å². The zero-order chi connectivity index (χ0) is 24.6. The van der Waals surface area contributed by atoms with E-state index in [0.29, 0.717) is 36.6 Å². The van der Waals surface area contributed by atoms with Gasteiger partial charge in [0.2, 0.25) is 5.92 Å². The fourth-order valence-corrected chi connectivity index (χ4v) is 3.94. The topological polar surface area (TPSA) is 66.2 Å². The van der Waals surface area contributed by atoms with E-state index in [1.807, 2.05) is 19.1 Å². The first-order valence-corrected chi connectivity index (χ1v) is 11.2. The maximum Gasteiger partial charge on any atom is 0.410 e. The van der Waals surface area contributed by atoms with Crippen LogP contribution < -0.4 is 16.4 Å². The number of hydrogen-bond donors (Lipinski definition) is 3. The van der Waals surface area contributed by atoms with Crippen molar-refractivity contribution in [3.63, 3.8) is 0 Å². The fourth-order valence-electron chi connectivity index (χ4n) is 3.94. The maximum atomic E-state index is 13.0. The summed E-state index contributed by atoms with van der Waals surface area (Å²) < 4.78 is 63.5. The Hall–Kier alpha value is -2.36. The summed E-state index contributed by atoms with van der Waals surface area (Å²) in [6.07, 6.45) is 1.50. The summed E-state index contributed by atoms with van der Waals surface area (Å²) in [4.78, 5) is 5.88. The highest BCUT2D eigenvalue weighted by atomic mass is 19.4. The van der Waals surface area contributed by atoms with E-state index in [0.717, 1.165) is 18.4 Å². The monoisotopic (exact) mass is 475 g/mol. The van der Waals surface area contributed by atoms with E-state index in [1.165, 1.54) is 0 Å². The molecule has 2 fully saturated rings. The van der Waals surface area contributed by atoms with Crippen molar-refractivity contribution in [1.29, 1.82) is 0 Å². The molecule has 1 saturated carbocycles. The second kappa shape index (κ2) is 11.7. The second-order valence-electron chi connectivity index (χ2n) is 8.47. The number of anilines is 1. The molecular weight excluding hydrogens is 441 g/mol. The molecule has 0 aromatic carbocycles. The van der Waals surface area contributed by atoms with Gasteiger partial charge < -0.3 is 21.3 Å². The van der Waals surface area contributed by atoms with Crippen molar-refractivity contribution in [2.45, 2.75) is 76.1 Å². The number of halogens is 5. The summed E-state index contributed by atoms with van der Waals surface area (Å²) >= 11 is 0. The van der Waals surface area contributed by atoms with Crippen LogP contribution in [-0.4, -0.2) is 41.1 Å². The molecule has 2 unspecified atom stereocenters. The van der Waals surface area contributed by atoms with Crippen LogP contribution in [0, 0.1) is 0 Å². The Morgan fingerprint density at radius 3 is 2.48 bits per heavy atom. The molecule has 10 heteroatoms. The van der Waals surface area contributed by atoms with Gasteiger partial charge in [-0.2, -0.15) is 13.2 Å². The van der Waals surface area contributed by atoms with Gasteiger partial charge in [0.15, 0.2) is 0 Å². The molecule has 1 aliphatic heterocycles. The molecule has 1 aromatic rings. The zero-order valence-electron chi connectivity index (χ0n) is 19.0. The lowest BCUT2D eigenvalue weighted by Gasteiger charge is -2.30. The lowest BCUT2D eigenvalue weighted by molar-refractivity contribution is -0.150. The lowest BCUT2D eigenvalue weighted by atomic mass is 9.97. The van der Waals surface area contributed by atoms with Gasteiger partial charge in [0.25, 0.3) is 0 Å². The normalized spacial score (nSPS) is 21.0. The minimum atomic E-state index is -4.31. The van der Waals surface area contributed by atoms with Gasteiger partial charge in [-0.3, -0.25) is 0 Å². The Balaban J connectivity index is 0.000000405. The smallest absolute Gasteiger partial charge is 0.359 e. The van der Waals surface area contributed by atoms with Crippen LogP contribution in [0.4, 0.5) is 27.8 Å². The first-order valence-electron chi connectivity index (χ1n) is 11.2. The van der Waals surface area contributed by atoms with Crippen molar-refractivity contribution in [1.82, 2.24) is 15.2 Å². The molecule has 2 atom stereocenters. The highest BCUT2D eigenvalue weighted by Crippen LogP contribution is 2.35. The molecule has 0 amide bonds. The molecule has 33 heavy (non-hydrogen) atoms. The number of alkyl halides is 5. The van der Waals surface area contributed by atoms with E-state index < -0.39 is 18.1 Å². The Kier molecular flexibility index (Phi) is 9.51. The van der Waals surface area contributed by atoms with Gasteiger partial charge >= 0.3 is 6.18 Å². The highest BCUT2D eigenvalue weighted by Gasteiger charge is 2.46. The molecule has 4 N–H and O–H groups in total. The molecule has 1 aliphatic carbocycles. The van der Waals surface area contributed by atoms with Crippen LogP contribution in [-0.2, 0) is 0 Å². The first-order chi connectivity index (χ1) is 15.5. The molecule has 1 saturated heterocycles. The van der Waals surface area contributed by atoms with Crippen LogP contribution in [0.2, 0.25) is 0 Å². The SMILES string of the molecule is C=C(CN)Nc1cc(C(CCC)N2CC(C(F)(F)F)NC2=C)ccn1.FC1(F)CCCCC1. The molecule has 1 aromatic heterocycles. The molecule has 0 spiro atoms. The predicted octanol–water partition coefficient (Wildman–Crippen LogP) is 5.70. The van der Waals surface area contributed by atoms with E-state index in [2.05, 4.69) is 28.8 Å². The molecular formula is C23H34F5N5. The second-order valence-corrected chi connectivity index (χ2v) is 8.47. The molecule has 2 heterocycles. The van der Waals surface area contributed by atoms with Crippen molar-refractivity contribution < 1.29 is 22.0 Å². The fraction of sp³-hybridized carbons (Fsp3) is 0.609. The lowest BCUT2D eigenvalue weighted by Crippen LogP contribution is -2.39. The Morgan fingerprint density at radius 2 is 2.00 bits per heavy atom. The average Bonchev–Trinajstić information content (AvgIpc) is 3.14. The summed E-state index contributed by atoms with van der Waals surface area (Å²) in [6, 6.07) is 1.81. The Morgan fingerprint density at radius 1 is 1.33 bits per heavy atom. The Bertz CT molecular complexity index is 788. The minimum Gasteiger partial charge on any atom is -0.359 e. The number of nitrogens with two attached hydrogens (primary N) is 1. The van der Waals surface area contributed by atoms with E-state index in [9.17, 15) is 22.0 Å². The molecule has 3 rings (SSSR count). The number of pyridine rings is 1.